The van der Waals surface area contributed by atoms with E-state index in [0.717, 1.165) is 31.2 Å². The molecule has 1 aromatic carbocycles. The van der Waals surface area contributed by atoms with Crippen molar-refractivity contribution in [3.05, 3.63) is 51.4 Å². The van der Waals surface area contributed by atoms with Gasteiger partial charge in [-0.15, -0.1) is 0 Å². The third kappa shape index (κ3) is 4.05. The number of rotatable bonds is 5. The minimum atomic E-state index is -3.52. The summed E-state index contributed by atoms with van der Waals surface area (Å²) in [6.45, 7) is 1.81. The van der Waals surface area contributed by atoms with Crippen LogP contribution in [0.5, 0.6) is 0 Å². The summed E-state index contributed by atoms with van der Waals surface area (Å²) < 4.78 is 27.6. The number of halogens is 1. The van der Waals surface area contributed by atoms with Crippen molar-refractivity contribution in [2.24, 2.45) is 0 Å². The second kappa shape index (κ2) is 8.22. The first-order valence-corrected chi connectivity index (χ1v) is 11.9. The Morgan fingerprint density at radius 1 is 1.19 bits per heavy atom. The van der Waals surface area contributed by atoms with Crippen molar-refractivity contribution in [2.75, 3.05) is 19.4 Å². The van der Waals surface area contributed by atoms with E-state index in [0.29, 0.717) is 22.7 Å². The Morgan fingerprint density at radius 3 is 2.55 bits per heavy atom. The maximum absolute atomic E-state index is 12.8. The number of sulfonamides is 1. The molecule has 0 amide bonds. The summed E-state index contributed by atoms with van der Waals surface area (Å²) in [5.41, 5.74) is 1.72. The third-order valence-corrected chi connectivity index (χ3v) is 7.72. The molecule has 8 nitrogen and oxygen atoms in total. The molecule has 1 aliphatic carbocycles. The number of hydrogen-bond donors (Lipinski definition) is 1. The highest BCUT2D eigenvalue weighted by Crippen LogP contribution is 2.31. The van der Waals surface area contributed by atoms with E-state index in [1.165, 1.54) is 18.4 Å². The van der Waals surface area contributed by atoms with Crippen LogP contribution in [0.4, 0.5) is 11.6 Å². The first-order chi connectivity index (χ1) is 14.7. The molecule has 0 saturated heterocycles. The zero-order chi connectivity index (χ0) is 22.3. The second-order valence-corrected chi connectivity index (χ2v) is 10.5. The standard InChI is InChI=1S/C21H24ClN5O3S/c1-13-10-16(31(29,30)26(2)3)8-9-18(13)24-21-23-12-14-11-17(22)20(28)27(19(14)25-21)15-6-4-5-7-15/h8-12,15H,4-7H2,1-3H3,(H,23,24,25). The van der Waals surface area contributed by atoms with E-state index in [2.05, 4.69) is 15.3 Å². The Hall–Kier alpha value is -2.49. The van der Waals surface area contributed by atoms with Crippen molar-refractivity contribution in [2.45, 2.75) is 43.5 Å². The number of anilines is 2. The van der Waals surface area contributed by atoms with Gasteiger partial charge in [-0.3, -0.25) is 9.36 Å². The number of hydrogen-bond acceptors (Lipinski definition) is 6. The summed E-state index contributed by atoms with van der Waals surface area (Å²) in [6, 6.07) is 6.51. The van der Waals surface area contributed by atoms with Crippen LogP contribution < -0.4 is 10.9 Å². The number of fused-ring (bicyclic) bond motifs is 1. The molecule has 1 saturated carbocycles. The zero-order valence-corrected chi connectivity index (χ0v) is 19.2. The molecule has 1 N–H and O–H groups in total. The molecule has 1 aliphatic rings. The van der Waals surface area contributed by atoms with Crippen molar-refractivity contribution < 1.29 is 8.42 Å². The van der Waals surface area contributed by atoms with Crippen LogP contribution in [0.15, 0.2) is 40.2 Å². The summed E-state index contributed by atoms with van der Waals surface area (Å²) in [5.74, 6) is 0.326. The van der Waals surface area contributed by atoms with Gasteiger partial charge in [0.2, 0.25) is 16.0 Å². The highest BCUT2D eigenvalue weighted by molar-refractivity contribution is 7.89. The summed E-state index contributed by atoms with van der Waals surface area (Å²) in [5, 5.41) is 4.01. The maximum Gasteiger partial charge on any atom is 0.271 e. The first kappa shape index (κ1) is 21.7. The van der Waals surface area contributed by atoms with Gasteiger partial charge in [-0.25, -0.2) is 17.7 Å². The van der Waals surface area contributed by atoms with E-state index in [9.17, 15) is 13.2 Å². The average Bonchev–Trinajstić information content (AvgIpc) is 3.25. The van der Waals surface area contributed by atoms with Crippen LogP contribution >= 0.6 is 11.6 Å². The van der Waals surface area contributed by atoms with Gasteiger partial charge < -0.3 is 5.32 Å². The Balaban J connectivity index is 1.74. The molecule has 0 radical (unpaired) electrons. The number of aromatic nitrogens is 3. The Kier molecular flexibility index (Phi) is 5.76. The van der Waals surface area contributed by atoms with Crippen LogP contribution in [-0.2, 0) is 10.0 Å². The molecule has 164 valence electrons. The van der Waals surface area contributed by atoms with E-state index in [1.54, 1.807) is 35.0 Å². The smallest absolute Gasteiger partial charge is 0.271 e. The lowest BCUT2D eigenvalue weighted by Crippen LogP contribution is -2.25. The van der Waals surface area contributed by atoms with Crippen molar-refractivity contribution in [3.8, 4) is 0 Å². The summed E-state index contributed by atoms with van der Waals surface area (Å²) in [7, 11) is -0.526. The molecule has 0 unspecified atom stereocenters. The molecule has 2 aromatic heterocycles. The van der Waals surface area contributed by atoms with E-state index < -0.39 is 10.0 Å². The van der Waals surface area contributed by atoms with Gasteiger partial charge in [-0.2, -0.15) is 4.98 Å². The predicted molar refractivity (Wildman–Crippen MR) is 122 cm³/mol. The van der Waals surface area contributed by atoms with E-state index in [1.807, 2.05) is 6.92 Å². The van der Waals surface area contributed by atoms with Gasteiger partial charge in [0.25, 0.3) is 5.56 Å². The molecule has 4 rings (SSSR count). The number of nitrogens with one attached hydrogen (secondary N) is 1. The van der Waals surface area contributed by atoms with Gasteiger partial charge in [0, 0.05) is 37.4 Å². The molecule has 1 fully saturated rings. The fourth-order valence-electron chi connectivity index (χ4n) is 3.92. The van der Waals surface area contributed by atoms with Crippen molar-refractivity contribution >= 4 is 44.3 Å². The van der Waals surface area contributed by atoms with Crippen LogP contribution in [0, 0.1) is 6.92 Å². The van der Waals surface area contributed by atoms with E-state index >= 15 is 0 Å². The van der Waals surface area contributed by atoms with Crippen LogP contribution in [0.1, 0.15) is 37.3 Å². The van der Waals surface area contributed by atoms with Crippen molar-refractivity contribution in [1.82, 2.24) is 18.8 Å². The van der Waals surface area contributed by atoms with Crippen LogP contribution in [-0.4, -0.2) is 41.4 Å². The monoisotopic (exact) mass is 461 g/mol. The number of aryl methyl sites for hydroxylation is 1. The van der Waals surface area contributed by atoms with Crippen LogP contribution in [0.25, 0.3) is 11.0 Å². The Morgan fingerprint density at radius 2 is 1.90 bits per heavy atom. The lowest BCUT2D eigenvalue weighted by molar-refractivity contribution is 0.516. The zero-order valence-electron chi connectivity index (χ0n) is 17.6. The Labute approximate surface area is 185 Å². The normalized spacial score (nSPS) is 15.1. The highest BCUT2D eigenvalue weighted by Gasteiger charge is 2.23. The Bertz CT molecular complexity index is 1310. The quantitative estimate of drug-likeness (QED) is 0.619. The largest absolute Gasteiger partial charge is 0.324 e. The molecule has 0 bridgehead atoms. The molecule has 10 heteroatoms. The van der Waals surface area contributed by atoms with Crippen molar-refractivity contribution in [1.29, 1.82) is 0 Å². The summed E-state index contributed by atoms with van der Waals surface area (Å²) >= 11 is 6.18. The van der Waals surface area contributed by atoms with E-state index in [-0.39, 0.29) is 21.5 Å². The SMILES string of the molecule is Cc1cc(S(=O)(=O)N(C)C)ccc1Nc1ncc2cc(Cl)c(=O)n(C3CCCC3)c2n1. The number of pyridine rings is 1. The van der Waals surface area contributed by atoms with Crippen molar-refractivity contribution in [3.63, 3.8) is 0 Å². The van der Waals surface area contributed by atoms with Gasteiger partial charge in [0.05, 0.1) is 4.90 Å². The van der Waals surface area contributed by atoms with Gasteiger partial charge >= 0.3 is 0 Å². The number of nitrogens with zero attached hydrogens (tertiary/aromatic N) is 4. The number of benzene rings is 1. The molecule has 3 aromatic rings. The molecular weight excluding hydrogens is 438 g/mol. The lowest BCUT2D eigenvalue weighted by atomic mass is 10.2. The van der Waals surface area contributed by atoms with E-state index in [4.69, 9.17) is 11.6 Å². The minimum absolute atomic E-state index is 0.0775. The van der Waals surface area contributed by atoms with Gasteiger partial charge in [-0.1, -0.05) is 24.4 Å². The average molecular weight is 462 g/mol. The molecule has 31 heavy (non-hydrogen) atoms. The summed E-state index contributed by atoms with van der Waals surface area (Å²) in [4.78, 5) is 22.0. The minimum Gasteiger partial charge on any atom is -0.324 e. The molecule has 0 atom stereocenters. The van der Waals surface area contributed by atoms with Gasteiger partial charge in [0.1, 0.15) is 10.7 Å². The van der Waals surface area contributed by atoms with Gasteiger partial charge in [0.15, 0.2) is 0 Å². The lowest BCUT2D eigenvalue weighted by Gasteiger charge is -2.17. The molecule has 2 heterocycles. The van der Waals surface area contributed by atoms with Crippen LogP contribution in [0.2, 0.25) is 5.02 Å². The summed E-state index contributed by atoms with van der Waals surface area (Å²) in [6.07, 6.45) is 5.62. The highest BCUT2D eigenvalue weighted by atomic mass is 35.5. The predicted octanol–water partition coefficient (Wildman–Crippen LogP) is 3.86. The fraction of sp³-hybridized carbons (Fsp3) is 0.381. The first-order valence-electron chi connectivity index (χ1n) is 10.1. The molecule has 0 spiro atoms. The maximum atomic E-state index is 12.8. The third-order valence-electron chi connectivity index (χ3n) is 5.64. The molecule has 0 aliphatic heterocycles. The topological polar surface area (TPSA) is 97.2 Å². The fourth-order valence-corrected chi connectivity index (χ4v) is 5.11. The van der Waals surface area contributed by atoms with Crippen LogP contribution in [0.3, 0.4) is 0 Å². The second-order valence-electron chi connectivity index (χ2n) is 7.97. The van der Waals surface area contributed by atoms with Gasteiger partial charge in [-0.05, 0) is 49.6 Å². The molecular formula is C21H24ClN5O3S.